The Morgan fingerprint density at radius 3 is 2.82 bits per heavy atom. The van der Waals surface area contributed by atoms with Gasteiger partial charge in [-0.3, -0.25) is 4.79 Å². The van der Waals surface area contributed by atoms with E-state index in [0.29, 0.717) is 46.1 Å². The third kappa shape index (κ3) is 4.00. The van der Waals surface area contributed by atoms with Gasteiger partial charge in [0, 0.05) is 12.3 Å². The van der Waals surface area contributed by atoms with Crippen molar-refractivity contribution in [2.75, 3.05) is 19.9 Å². The van der Waals surface area contributed by atoms with Crippen molar-refractivity contribution in [3.8, 4) is 22.9 Å². The van der Waals surface area contributed by atoms with Crippen LogP contribution in [0.2, 0.25) is 10.0 Å². The zero-order valence-corrected chi connectivity index (χ0v) is 16.0. The average Bonchev–Trinajstić information content (AvgIpc) is 3.36. The van der Waals surface area contributed by atoms with E-state index in [2.05, 4.69) is 10.4 Å². The van der Waals surface area contributed by atoms with Crippen molar-refractivity contribution in [1.82, 2.24) is 15.1 Å². The van der Waals surface area contributed by atoms with Crippen molar-refractivity contribution in [2.45, 2.75) is 0 Å². The first-order valence-corrected chi connectivity index (χ1v) is 9.17. The lowest BCUT2D eigenvalue weighted by atomic mass is 10.3. The molecule has 0 saturated carbocycles. The van der Waals surface area contributed by atoms with Crippen LogP contribution in [0.25, 0.3) is 5.69 Å². The van der Waals surface area contributed by atoms with Crippen molar-refractivity contribution in [3.05, 3.63) is 64.4 Å². The first-order valence-electron chi connectivity index (χ1n) is 8.42. The van der Waals surface area contributed by atoms with E-state index in [1.165, 1.54) is 0 Å². The largest absolute Gasteiger partial charge is 0.492 e. The Balaban J connectivity index is 1.29. The lowest BCUT2D eigenvalue weighted by molar-refractivity contribution is 0.0941. The summed E-state index contributed by atoms with van der Waals surface area (Å²) in [5.41, 5.74) is 0.994. The van der Waals surface area contributed by atoms with Crippen molar-refractivity contribution in [2.24, 2.45) is 0 Å². The molecule has 0 saturated heterocycles. The van der Waals surface area contributed by atoms with Crippen LogP contribution in [0.4, 0.5) is 0 Å². The fourth-order valence-electron chi connectivity index (χ4n) is 2.61. The van der Waals surface area contributed by atoms with E-state index in [9.17, 15) is 4.79 Å². The third-order valence-electron chi connectivity index (χ3n) is 3.99. The zero-order valence-electron chi connectivity index (χ0n) is 14.5. The second kappa shape index (κ2) is 8.00. The van der Waals surface area contributed by atoms with Gasteiger partial charge in [0.2, 0.25) is 6.79 Å². The molecule has 1 aromatic heterocycles. The summed E-state index contributed by atoms with van der Waals surface area (Å²) in [5.74, 6) is 1.68. The van der Waals surface area contributed by atoms with Gasteiger partial charge in [-0.1, -0.05) is 23.2 Å². The average molecular weight is 420 g/mol. The summed E-state index contributed by atoms with van der Waals surface area (Å²) in [6, 6.07) is 12.1. The summed E-state index contributed by atoms with van der Waals surface area (Å²) >= 11 is 11.9. The second-order valence-corrected chi connectivity index (χ2v) is 6.68. The summed E-state index contributed by atoms with van der Waals surface area (Å²) in [5, 5.41) is 7.90. The molecular formula is C19H15Cl2N3O4. The Hall–Kier alpha value is -2.90. The SMILES string of the molecule is O=C(NCCOc1ccc2c(c1)OCO2)c1ccn(-c2ccc(Cl)c(Cl)c2)n1. The summed E-state index contributed by atoms with van der Waals surface area (Å²) in [6.07, 6.45) is 1.68. The van der Waals surface area contributed by atoms with E-state index in [0.717, 1.165) is 0 Å². The molecule has 0 unspecified atom stereocenters. The van der Waals surface area contributed by atoms with Crippen LogP contribution in [0.15, 0.2) is 48.7 Å². The Bertz CT molecular complexity index is 1020. The minimum absolute atomic E-state index is 0.212. The lowest BCUT2D eigenvalue weighted by Crippen LogP contribution is -2.28. The first kappa shape index (κ1) is 18.5. The molecule has 2 aromatic carbocycles. The van der Waals surface area contributed by atoms with Gasteiger partial charge in [0.1, 0.15) is 12.4 Å². The molecule has 2 heterocycles. The van der Waals surface area contributed by atoms with Crippen molar-refractivity contribution in [1.29, 1.82) is 0 Å². The molecule has 1 aliphatic heterocycles. The van der Waals surface area contributed by atoms with Crippen LogP contribution in [-0.4, -0.2) is 35.6 Å². The Labute approximate surface area is 170 Å². The first-order chi connectivity index (χ1) is 13.6. The van der Waals surface area contributed by atoms with Crippen LogP contribution in [0.5, 0.6) is 17.2 Å². The van der Waals surface area contributed by atoms with Crippen molar-refractivity contribution in [3.63, 3.8) is 0 Å². The number of halogens is 2. The molecule has 0 spiro atoms. The molecule has 4 rings (SSSR count). The number of fused-ring (bicyclic) bond motifs is 1. The van der Waals surface area contributed by atoms with E-state index in [4.69, 9.17) is 37.4 Å². The van der Waals surface area contributed by atoms with Gasteiger partial charge in [-0.2, -0.15) is 5.10 Å². The summed E-state index contributed by atoms with van der Waals surface area (Å²) < 4.78 is 17.7. The van der Waals surface area contributed by atoms with E-state index < -0.39 is 0 Å². The van der Waals surface area contributed by atoms with Gasteiger partial charge in [0.25, 0.3) is 5.91 Å². The number of carbonyl (C=O) groups is 1. The van der Waals surface area contributed by atoms with E-state index >= 15 is 0 Å². The van der Waals surface area contributed by atoms with Crippen LogP contribution in [0.3, 0.4) is 0 Å². The van der Waals surface area contributed by atoms with Gasteiger partial charge in [0.15, 0.2) is 17.2 Å². The van der Waals surface area contributed by atoms with Crippen LogP contribution in [0, 0.1) is 0 Å². The van der Waals surface area contributed by atoms with Crippen LogP contribution in [-0.2, 0) is 0 Å². The number of ether oxygens (including phenoxy) is 3. The van der Waals surface area contributed by atoms with Crippen molar-refractivity contribution >= 4 is 29.1 Å². The number of rotatable bonds is 6. The molecule has 0 aliphatic carbocycles. The van der Waals surface area contributed by atoms with Gasteiger partial charge in [0.05, 0.1) is 22.3 Å². The predicted octanol–water partition coefficient (Wildman–Crippen LogP) is 3.72. The molecule has 0 atom stereocenters. The fourth-order valence-corrected chi connectivity index (χ4v) is 2.90. The number of hydrogen-bond acceptors (Lipinski definition) is 5. The summed E-state index contributed by atoms with van der Waals surface area (Å²) in [7, 11) is 0. The second-order valence-electron chi connectivity index (χ2n) is 5.86. The van der Waals surface area contributed by atoms with Gasteiger partial charge in [-0.05, 0) is 36.4 Å². The molecule has 1 N–H and O–H groups in total. The maximum absolute atomic E-state index is 12.2. The molecule has 0 bridgehead atoms. The predicted molar refractivity (Wildman–Crippen MR) is 104 cm³/mol. The number of hydrogen-bond donors (Lipinski definition) is 1. The smallest absolute Gasteiger partial charge is 0.271 e. The maximum atomic E-state index is 12.2. The molecule has 1 amide bonds. The summed E-state index contributed by atoms with van der Waals surface area (Å²) in [4.78, 5) is 12.2. The third-order valence-corrected chi connectivity index (χ3v) is 4.73. The van der Waals surface area contributed by atoms with Gasteiger partial charge >= 0.3 is 0 Å². The quantitative estimate of drug-likeness (QED) is 0.616. The highest BCUT2D eigenvalue weighted by molar-refractivity contribution is 6.42. The highest BCUT2D eigenvalue weighted by atomic mass is 35.5. The van der Waals surface area contributed by atoms with Gasteiger partial charge in [-0.15, -0.1) is 0 Å². The summed E-state index contributed by atoms with van der Waals surface area (Å²) in [6.45, 7) is 0.843. The Morgan fingerprint density at radius 1 is 1.11 bits per heavy atom. The topological polar surface area (TPSA) is 74.6 Å². The number of benzene rings is 2. The van der Waals surface area contributed by atoms with E-state index in [-0.39, 0.29) is 18.4 Å². The Morgan fingerprint density at radius 2 is 1.96 bits per heavy atom. The van der Waals surface area contributed by atoms with E-state index in [1.54, 1.807) is 53.3 Å². The molecule has 0 fully saturated rings. The number of nitrogens with zero attached hydrogens (tertiary/aromatic N) is 2. The lowest BCUT2D eigenvalue weighted by Gasteiger charge is -2.07. The van der Waals surface area contributed by atoms with Crippen LogP contribution in [0.1, 0.15) is 10.5 Å². The monoisotopic (exact) mass is 419 g/mol. The standard InChI is InChI=1S/C19H15Cl2N3O4/c20-14-3-1-12(9-15(14)21)24-7-5-16(23-24)19(25)22-6-8-26-13-2-4-17-18(10-13)28-11-27-17/h1-5,7,9-10H,6,8,11H2,(H,22,25). The van der Waals surface area contributed by atoms with Gasteiger partial charge < -0.3 is 19.5 Å². The molecule has 0 radical (unpaired) electrons. The molecule has 9 heteroatoms. The van der Waals surface area contributed by atoms with Crippen LogP contribution < -0.4 is 19.5 Å². The van der Waals surface area contributed by atoms with Crippen molar-refractivity contribution < 1.29 is 19.0 Å². The zero-order chi connectivity index (χ0) is 19.5. The molecule has 28 heavy (non-hydrogen) atoms. The van der Waals surface area contributed by atoms with Crippen LogP contribution >= 0.6 is 23.2 Å². The van der Waals surface area contributed by atoms with Gasteiger partial charge in [-0.25, -0.2) is 4.68 Å². The molecule has 144 valence electrons. The number of carbonyl (C=O) groups excluding carboxylic acids is 1. The number of amides is 1. The maximum Gasteiger partial charge on any atom is 0.271 e. The normalized spacial score (nSPS) is 12.1. The Kier molecular flexibility index (Phi) is 5.27. The number of nitrogens with one attached hydrogen (secondary N) is 1. The molecule has 3 aromatic rings. The minimum atomic E-state index is -0.298. The molecule has 7 nitrogen and oxygen atoms in total. The molecule has 1 aliphatic rings. The number of aromatic nitrogens is 2. The highest BCUT2D eigenvalue weighted by Gasteiger charge is 2.14. The minimum Gasteiger partial charge on any atom is -0.492 e. The fraction of sp³-hybridized carbons (Fsp3) is 0.158. The highest BCUT2D eigenvalue weighted by Crippen LogP contribution is 2.35. The van der Waals surface area contributed by atoms with E-state index in [1.807, 2.05) is 0 Å². The molecular weight excluding hydrogens is 405 g/mol.